The van der Waals surface area contributed by atoms with Crippen LogP contribution in [-0.2, 0) is 14.8 Å². The molecule has 25 heavy (non-hydrogen) atoms. The maximum atomic E-state index is 12.2. The molecule has 0 aromatic heterocycles. The second-order valence-electron chi connectivity index (χ2n) is 4.89. The van der Waals surface area contributed by atoms with E-state index in [9.17, 15) is 18.0 Å². The molecule has 2 aromatic rings. The Morgan fingerprint density at radius 3 is 2.20 bits per heavy atom. The number of anilines is 1. The van der Waals surface area contributed by atoms with Gasteiger partial charge in [0.2, 0.25) is 5.91 Å². The van der Waals surface area contributed by atoms with Crippen LogP contribution in [0.3, 0.4) is 0 Å². The van der Waals surface area contributed by atoms with Gasteiger partial charge in [-0.05, 0) is 42.5 Å². The molecule has 0 saturated heterocycles. The van der Waals surface area contributed by atoms with E-state index in [1.54, 1.807) is 0 Å². The van der Waals surface area contributed by atoms with Crippen molar-refractivity contribution in [2.75, 3.05) is 5.32 Å². The number of hydrogen-bond acceptors (Lipinski definition) is 4. The van der Waals surface area contributed by atoms with Crippen molar-refractivity contribution in [2.24, 2.45) is 0 Å². The Morgan fingerprint density at radius 2 is 1.64 bits per heavy atom. The monoisotopic (exact) mass is 401 g/mol. The topological polar surface area (TPSA) is 104 Å². The molecule has 2 amide bonds. The molecular weight excluding hydrogens is 389 g/mol. The van der Waals surface area contributed by atoms with Gasteiger partial charge in [-0.25, -0.2) is 8.42 Å². The highest BCUT2D eigenvalue weighted by molar-refractivity contribution is 7.89. The van der Waals surface area contributed by atoms with Gasteiger partial charge in [-0.15, -0.1) is 4.83 Å². The summed E-state index contributed by atoms with van der Waals surface area (Å²) in [5.41, 5.74) is 2.58. The molecule has 132 valence electrons. The summed E-state index contributed by atoms with van der Waals surface area (Å²) in [5, 5.41) is 2.95. The number of amides is 2. The highest BCUT2D eigenvalue weighted by Crippen LogP contribution is 2.20. The van der Waals surface area contributed by atoms with Crippen LogP contribution in [-0.4, -0.2) is 20.2 Å². The van der Waals surface area contributed by atoms with Crippen LogP contribution in [0, 0.1) is 0 Å². The maximum absolute atomic E-state index is 12.2. The van der Waals surface area contributed by atoms with Crippen LogP contribution in [0.1, 0.15) is 17.3 Å². The Kier molecular flexibility index (Phi) is 6.02. The van der Waals surface area contributed by atoms with E-state index in [-0.39, 0.29) is 21.4 Å². The maximum Gasteiger partial charge on any atom is 0.267 e. The quantitative estimate of drug-likeness (QED) is 0.669. The zero-order valence-electron chi connectivity index (χ0n) is 12.8. The van der Waals surface area contributed by atoms with Crippen molar-refractivity contribution in [3.05, 3.63) is 58.1 Å². The Morgan fingerprint density at radius 1 is 1.00 bits per heavy atom. The van der Waals surface area contributed by atoms with Crippen LogP contribution in [0.25, 0.3) is 0 Å². The number of benzene rings is 2. The summed E-state index contributed by atoms with van der Waals surface area (Å²) in [7, 11) is -3.99. The Bertz CT molecular complexity index is 915. The molecule has 0 aliphatic heterocycles. The molecule has 3 N–H and O–H groups in total. The van der Waals surface area contributed by atoms with Crippen molar-refractivity contribution in [2.45, 2.75) is 11.8 Å². The highest BCUT2D eigenvalue weighted by atomic mass is 35.5. The van der Waals surface area contributed by atoms with Crippen molar-refractivity contribution in [3.8, 4) is 0 Å². The number of carbonyl (C=O) groups is 2. The molecule has 2 rings (SSSR count). The molecule has 0 aliphatic rings. The lowest BCUT2D eigenvalue weighted by Gasteiger charge is -2.10. The lowest BCUT2D eigenvalue weighted by atomic mass is 10.2. The normalized spacial score (nSPS) is 11.0. The van der Waals surface area contributed by atoms with Crippen LogP contribution in [0.5, 0.6) is 0 Å². The Hall–Kier alpha value is -2.13. The fraction of sp³-hybridized carbons (Fsp3) is 0.0667. The fourth-order valence-electron chi connectivity index (χ4n) is 1.83. The summed E-state index contributed by atoms with van der Waals surface area (Å²) in [4.78, 5) is 24.8. The number of hydrogen-bond donors (Lipinski definition) is 3. The first kappa shape index (κ1) is 19.2. The summed E-state index contributed by atoms with van der Waals surface area (Å²) < 4.78 is 24.3. The van der Waals surface area contributed by atoms with E-state index in [2.05, 4.69) is 10.7 Å². The number of nitrogens with one attached hydrogen (secondary N) is 3. The van der Waals surface area contributed by atoms with Gasteiger partial charge in [0, 0.05) is 17.6 Å². The van der Waals surface area contributed by atoms with Crippen LogP contribution in [0.2, 0.25) is 10.0 Å². The second-order valence-corrected chi connectivity index (χ2v) is 7.42. The van der Waals surface area contributed by atoms with Crippen molar-refractivity contribution >= 4 is 50.7 Å². The minimum Gasteiger partial charge on any atom is -0.326 e. The summed E-state index contributed by atoms with van der Waals surface area (Å²) in [6.07, 6.45) is 0. The number of halogens is 2. The Labute approximate surface area is 154 Å². The van der Waals surface area contributed by atoms with E-state index in [1.807, 2.05) is 4.83 Å². The fourth-order valence-corrected chi connectivity index (χ4v) is 3.17. The summed E-state index contributed by atoms with van der Waals surface area (Å²) in [5.74, 6) is -1.01. The molecule has 0 saturated carbocycles. The molecule has 7 nitrogen and oxygen atoms in total. The van der Waals surface area contributed by atoms with E-state index in [0.717, 1.165) is 0 Å². The van der Waals surface area contributed by atoms with Gasteiger partial charge in [-0.2, -0.15) is 0 Å². The third-order valence-corrected chi connectivity index (χ3v) is 4.77. The first-order valence-corrected chi connectivity index (χ1v) is 9.08. The first-order valence-electron chi connectivity index (χ1n) is 6.84. The number of sulfonamides is 1. The number of hydrazine groups is 1. The molecule has 0 aliphatic carbocycles. The van der Waals surface area contributed by atoms with Gasteiger partial charge in [0.15, 0.2) is 0 Å². The summed E-state index contributed by atoms with van der Waals surface area (Å²) in [6, 6.07) is 9.62. The predicted octanol–water partition coefficient (Wildman–Crippen LogP) is 2.58. The van der Waals surface area contributed by atoms with Crippen LogP contribution >= 0.6 is 23.2 Å². The average molecular weight is 402 g/mol. The summed E-state index contributed by atoms with van der Waals surface area (Å²) >= 11 is 11.6. The second kappa shape index (κ2) is 7.83. The van der Waals surface area contributed by atoms with Crippen molar-refractivity contribution in [1.29, 1.82) is 0 Å². The van der Waals surface area contributed by atoms with Crippen LogP contribution in [0.15, 0.2) is 47.4 Å². The van der Waals surface area contributed by atoms with E-state index in [0.29, 0.717) is 10.7 Å². The van der Waals surface area contributed by atoms with E-state index in [4.69, 9.17) is 23.2 Å². The molecule has 0 fully saturated rings. The van der Waals surface area contributed by atoms with Gasteiger partial charge in [0.05, 0.1) is 15.5 Å². The number of carbonyl (C=O) groups excluding carboxylic acids is 2. The van der Waals surface area contributed by atoms with Gasteiger partial charge in [-0.3, -0.25) is 15.0 Å². The van der Waals surface area contributed by atoms with Gasteiger partial charge in [0.25, 0.3) is 15.9 Å². The predicted molar refractivity (Wildman–Crippen MR) is 95.0 cm³/mol. The van der Waals surface area contributed by atoms with Gasteiger partial charge >= 0.3 is 0 Å². The van der Waals surface area contributed by atoms with Gasteiger partial charge in [-0.1, -0.05) is 23.2 Å². The molecular formula is C15H13Cl2N3O4S. The van der Waals surface area contributed by atoms with Crippen molar-refractivity contribution < 1.29 is 18.0 Å². The minimum atomic E-state index is -3.99. The van der Waals surface area contributed by atoms with Crippen LogP contribution in [0.4, 0.5) is 5.69 Å². The largest absolute Gasteiger partial charge is 0.326 e. The van der Waals surface area contributed by atoms with Crippen molar-refractivity contribution in [1.82, 2.24) is 10.3 Å². The number of rotatable bonds is 5. The average Bonchev–Trinajstić information content (AvgIpc) is 2.52. The molecule has 0 radical (unpaired) electrons. The highest BCUT2D eigenvalue weighted by Gasteiger charge is 2.17. The zero-order chi connectivity index (χ0) is 18.6. The van der Waals surface area contributed by atoms with E-state index < -0.39 is 15.9 Å². The third-order valence-electron chi connectivity index (χ3n) is 2.96. The lowest BCUT2D eigenvalue weighted by molar-refractivity contribution is -0.114. The standard InChI is InChI=1S/C15H13Cl2N3O4S/c1-9(21)18-11-3-5-12(6-4-11)25(23,24)20-19-15(22)13-7-2-10(16)8-14(13)17/h2-8,20H,1H3,(H,18,21)(H,19,22). The zero-order valence-corrected chi connectivity index (χ0v) is 15.2. The molecule has 0 heterocycles. The molecule has 2 aromatic carbocycles. The SMILES string of the molecule is CC(=O)Nc1ccc(S(=O)(=O)NNC(=O)c2ccc(Cl)cc2Cl)cc1. The third kappa shape index (κ3) is 5.17. The molecule has 0 spiro atoms. The van der Waals surface area contributed by atoms with E-state index >= 15 is 0 Å². The van der Waals surface area contributed by atoms with E-state index in [1.165, 1.54) is 49.4 Å². The molecule has 0 atom stereocenters. The molecule has 10 heteroatoms. The van der Waals surface area contributed by atoms with Gasteiger partial charge in [0.1, 0.15) is 0 Å². The first-order chi connectivity index (χ1) is 11.7. The van der Waals surface area contributed by atoms with Crippen LogP contribution < -0.4 is 15.6 Å². The Balaban J connectivity index is 2.08. The van der Waals surface area contributed by atoms with Gasteiger partial charge < -0.3 is 5.32 Å². The smallest absolute Gasteiger partial charge is 0.267 e. The van der Waals surface area contributed by atoms with Crippen molar-refractivity contribution in [3.63, 3.8) is 0 Å². The molecule has 0 unspecified atom stereocenters. The molecule has 0 bridgehead atoms. The lowest BCUT2D eigenvalue weighted by Crippen LogP contribution is -2.41. The summed E-state index contributed by atoms with van der Waals surface area (Å²) in [6.45, 7) is 1.34. The minimum absolute atomic E-state index is 0.0646.